The number of rotatable bonds is 0. The normalized spacial score (nSPS) is 10.9. The Morgan fingerprint density at radius 3 is 2.47 bits per heavy atom. The van der Waals surface area contributed by atoms with Crippen molar-refractivity contribution in [2.75, 3.05) is 0 Å². The zero-order chi connectivity index (χ0) is 12.0. The SMILES string of the molecule is Cc1sc2c(cc(C#N)c3ccccc32)c1C. The van der Waals surface area contributed by atoms with Crippen LogP contribution in [0.15, 0.2) is 30.3 Å². The molecule has 1 heterocycles. The molecule has 17 heavy (non-hydrogen) atoms. The van der Waals surface area contributed by atoms with Crippen molar-refractivity contribution in [2.24, 2.45) is 0 Å². The molecule has 0 saturated heterocycles. The van der Waals surface area contributed by atoms with Gasteiger partial charge in [0.05, 0.1) is 11.6 Å². The molecule has 0 aliphatic carbocycles. The van der Waals surface area contributed by atoms with Gasteiger partial charge in [-0.25, -0.2) is 0 Å². The van der Waals surface area contributed by atoms with Gasteiger partial charge in [0, 0.05) is 20.3 Å². The Hall–Kier alpha value is -1.85. The number of benzene rings is 2. The van der Waals surface area contributed by atoms with Crippen molar-refractivity contribution in [1.29, 1.82) is 5.26 Å². The Morgan fingerprint density at radius 1 is 1.06 bits per heavy atom. The summed E-state index contributed by atoms with van der Waals surface area (Å²) in [7, 11) is 0. The van der Waals surface area contributed by atoms with Gasteiger partial charge in [-0.15, -0.1) is 11.3 Å². The Bertz CT molecular complexity index is 775. The summed E-state index contributed by atoms with van der Waals surface area (Å²) < 4.78 is 1.30. The molecule has 82 valence electrons. The first-order valence-corrected chi connectivity index (χ1v) is 6.35. The zero-order valence-electron chi connectivity index (χ0n) is 9.74. The van der Waals surface area contributed by atoms with Crippen molar-refractivity contribution in [2.45, 2.75) is 13.8 Å². The second kappa shape index (κ2) is 3.58. The average Bonchev–Trinajstić information content (AvgIpc) is 2.65. The van der Waals surface area contributed by atoms with Gasteiger partial charge in [0.1, 0.15) is 0 Å². The van der Waals surface area contributed by atoms with E-state index < -0.39 is 0 Å². The van der Waals surface area contributed by atoms with Crippen LogP contribution < -0.4 is 0 Å². The van der Waals surface area contributed by atoms with Crippen LogP contribution >= 0.6 is 11.3 Å². The summed E-state index contributed by atoms with van der Waals surface area (Å²) >= 11 is 1.82. The smallest absolute Gasteiger partial charge is 0.0998 e. The molecule has 0 atom stereocenters. The Kier molecular flexibility index (Phi) is 2.17. The van der Waals surface area contributed by atoms with Crippen molar-refractivity contribution in [3.05, 3.63) is 46.3 Å². The van der Waals surface area contributed by atoms with E-state index >= 15 is 0 Å². The molecule has 2 heteroatoms. The zero-order valence-corrected chi connectivity index (χ0v) is 10.6. The lowest BCUT2D eigenvalue weighted by Crippen LogP contribution is -1.81. The molecule has 0 aliphatic rings. The van der Waals surface area contributed by atoms with Gasteiger partial charge in [-0.2, -0.15) is 5.26 Å². The third-order valence-corrected chi connectivity index (χ3v) is 4.56. The molecule has 3 aromatic rings. The van der Waals surface area contributed by atoms with Crippen LogP contribution in [0.2, 0.25) is 0 Å². The number of hydrogen-bond acceptors (Lipinski definition) is 2. The number of hydrogen-bond donors (Lipinski definition) is 0. The van der Waals surface area contributed by atoms with Crippen LogP contribution in [0.5, 0.6) is 0 Å². The summed E-state index contributed by atoms with van der Waals surface area (Å²) in [6.45, 7) is 4.27. The molecule has 0 fully saturated rings. The first-order valence-electron chi connectivity index (χ1n) is 5.54. The van der Waals surface area contributed by atoms with E-state index in [9.17, 15) is 5.26 Å². The fourth-order valence-electron chi connectivity index (χ4n) is 2.25. The van der Waals surface area contributed by atoms with Gasteiger partial charge >= 0.3 is 0 Å². The molecule has 0 unspecified atom stereocenters. The van der Waals surface area contributed by atoms with Gasteiger partial charge in [0.2, 0.25) is 0 Å². The maximum atomic E-state index is 9.25. The minimum Gasteiger partial charge on any atom is -0.192 e. The van der Waals surface area contributed by atoms with Crippen molar-refractivity contribution in [3.63, 3.8) is 0 Å². The molecular formula is C15H11NS. The predicted molar refractivity (Wildman–Crippen MR) is 73.5 cm³/mol. The highest BCUT2D eigenvalue weighted by Gasteiger charge is 2.11. The molecule has 0 bridgehead atoms. The van der Waals surface area contributed by atoms with Crippen LogP contribution in [0.1, 0.15) is 16.0 Å². The van der Waals surface area contributed by atoms with Crippen molar-refractivity contribution < 1.29 is 0 Å². The minimum atomic E-state index is 0.772. The van der Waals surface area contributed by atoms with E-state index in [4.69, 9.17) is 0 Å². The molecule has 0 spiro atoms. The quantitative estimate of drug-likeness (QED) is 0.563. The third-order valence-electron chi connectivity index (χ3n) is 3.30. The molecule has 0 radical (unpaired) electrons. The van der Waals surface area contributed by atoms with E-state index in [1.54, 1.807) is 0 Å². The monoisotopic (exact) mass is 237 g/mol. The van der Waals surface area contributed by atoms with Gasteiger partial charge in [-0.1, -0.05) is 24.3 Å². The van der Waals surface area contributed by atoms with E-state index in [1.807, 2.05) is 35.6 Å². The molecular weight excluding hydrogens is 226 g/mol. The average molecular weight is 237 g/mol. The van der Waals surface area contributed by atoms with Crippen LogP contribution in [0.3, 0.4) is 0 Å². The van der Waals surface area contributed by atoms with E-state index in [1.165, 1.54) is 25.9 Å². The van der Waals surface area contributed by atoms with Crippen LogP contribution in [0.4, 0.5) is 0 Å². The Morgan fingerprint density at radius 2 is 1.76 bits per heavy atom. The van der Waals surface area contributed by atoms with Crippen LogP contribution in [0.25, 0.3) is 20.9 Å². The topological polar surface area (TPSA) is 23.8 Å². The standard InChI is InChI=1S/C15H11NS/c1-9-10(2)17-15-13-6-4-3-5-12(13)11(8-16)7-14(9)15/h3-7H,1-2H3. The first kappa shape index (κ1) is 10.3. The summed E-state index contributed by atoms with van der Waals surface area (Å²) in [5.41, 5.74) is 2.07. The number of nitrogens with zero attached hydrogens (tertiary/aromatic N) is 1. The van der Waals surface area contributed by atoms with E-state index in [0.29, 0.717) is 0 Å². The van der Waals surface area contributed by atoms with Gasteiger partial charge in [-0.3, -0.25) is 0 Å². The van der Waals surface area contributed by atoms with Gasteiger partial charge in [0.25, 0.3) is 0 Å². The second-order valence-electron chi connectivity index (χ2n) is 4.24. The highest BCUT2D eigenvalue weighted by atomic mass is 32.1. The van der Waals surface area contributed by atoms with Gasteiger partial charge < -0.3 is 0 Å². The maximum absolute atomic E-state index is 9.25. The number of thiophene rings is 1. The largest absolute Gasteiger partial charge is 0.192 e. The molecule has 0 saturated carbocycles. The highest BCUT2D eigenvalue weighted by Crippen LogP contribution is 2.37. The molecule has 1 nitrogen and oxygen atoms in total. The molecule has 3 rings (SSSR count). The first-order chi connectivity index (χ1) is 8.22. The van der Waals surface area contributed by atoms with Gasteiger partial charge in [0.15, 0.2) is 0 Å². The number of fused-ring (bicyclic) bond motifs is 3. The fourth-order valence-corrected chi connectivity index (χ4v) is 3.43. The molecule has 0 amide bonds. The summed E-state index contributed by atoms with van der Waals surface area (Å²) in [5.74, 6) is 0. The molecule has 0 N–H and O–H groups in total. The van der Waals surface area contributed by atoms with Crippen LogP contribution in [-0.4, -0.2) is 0 Å². The Balaban J connectivity index is 2.65. The number of aryl methyl sites for hydroxylation is 2. The maximum Gasteiger partial charge on any atom is 0.0998 e. The summed E-state index contributed by atoms with van der Waals surface area (Å²) in [6.07, 6.45) is 0. The summed E-state index contributed by atoms with van der Waals surface area (Å²) in [6, 6.07) is 12.5. The van der Waals surface area contributed by atoms with Crippen molar-refractivity contribution in [1.82, 2.24) is 0 Å². The minimum absolute atomic E-state index is 0.772. The van der Waals surface area contributed by atoms with E-state index in [2.05, 4.69) is 26.0 Å². The predicted octanol–water partition coefficient (Wildman–Crippen LogP) is 4.54. The third kappa shape index (κ3) is 1.36. The van der Waals surface area contributed by atoms with Crippen LogP contribution in [0, 0.1) is 25.2 Å². The lowest BCUT2D eigenvalue weighted by Gasteiger charge is -2.02. The highest BCUT2D eigenvalue weighted by molar-refractivity contribution is 7.20. The lowest BCUT2D eigenvalue weighted by atomic mass is 10.0. The van der Waals surface area contributed by atoms with Crippen LogP contribution in [-0.2, 0) is 0 Å². The lowest BCUT2D eigenvalue weighted by molar-refractivity contribution is 1.47. The number of nitriles is 1. The van der Waals surface area contributed by atoms with Crippen molar-refractivity contribution >= 4 is 32.2 Å². The second-order valence-corrected chi connectivity index (χ2v) is 5.47. The molecule has 2 aromatic carbocycles. The van der Waals surface area contributed by atoms with Crippen molar-refractivity contribution in [3.8, 4) is 6.07 Å². The Labute approximate surface area is 104 Å². The van der Waals surface area contributed by atoms with E-state index in [-0.39, 0.29) is 0 Å². The summed E-state index contributed by atoms with van der Waals surface area (Å²) in [5, 5.41) is 12.7. The fraction of sp³-hybridized carbons (Fsp3) is 0.133. The molecule has 1 aromatic heterocycles. The van der Waals surface area contributed by atoms with Gasteiger partial charge in [-0.05, 0) is 30.9 Å². The summed E-state index contributed by atoms with van der Waals surface area (Å²) in [4.78, 5) is 1.33. The molecule has 0 aliphatic heterocycles. The van der Waals surface area contributed by atoms with E-state index in [0.717, 1.165) is 10.9 Å².